The number of rotatable bonds is 7. The van der Waals surface area contributed by atoms with Crippen molar-refractivity contribution < 1.29 is 9.84 Å². The van der Waals surface area contributed by atoms with Gasteiger partial charge in [-0.1, -0.05) is 20.8 Å². The first kappa shape index (κ1) is 20.6. The molecule has 1 atom stereocenters. The van der Waals surface area contributed by atoms with Crippen LogP contribution in [0.15, 0.2) is 36.9 Å². The first-order valence-corrected chi connectivity index (χ1v) is 10.1. The fourth-order valence-corrected chi connectivity index (χ4v) is 3.56. The number of piperazine rings is 1. The van der Waals surface area contributed by atoms with Gasteiger partial charge in [-0.05, 0) is 36.6 Å². The summed E-state index contributed by atoms with van der Waals surface area (Å²) in [6.45, 7) is 13.7. The second-order valence-electron chi connectivity index (χ2n) is 8.56. The first-order valence-electron chi connectivity index (χ1n) is 10.1. The minimum absolute atomic E-state index is 0.273. The number of benzene rings is 1. The summed E-state index contributed by atoms with van der Waals surface area (Å²) in [4.78, 5) is 8.75. The Balaban J connectivity index is 1.60. The number of nitrogens with zero attached hydrogens (tertiary/aromatic N) is 5. The van der Waals surface area contributed by atoms with Gasteiger partial charge < -0.3 is 14.7 Å². The predicted molar refractivity (Wildman–Crippen MR) is 111 cm³/mol. The Morgan fingerprint density at radius 3 is 2.25 bits per heavy atom. The summed E-state index contributed by atoms with van der Waals surface area (Å²) < 4.78 is 7.25. The fraction of sp³-hybridized carbons (Fsp3) is 0.619. The third kappa shape index (κ3) is 4.83. The third-order valence-electron chi connectivity index (χ3n) is 5.66. The van der Waals surface area contributed by atoms with Crippen LogP contribution in [0.25, 0.3) is 0 Å². The quantitative estimate of drug-likeness (QED) is 0.786. The van der Waals surface area contributed by atoms with E-state index in [2.05, 4.69) is 52.8 Å². The Labute approximate surface area is 167 Å². The Morgan fingerprint density at radius 2 is 1.71 bits per heavy atom. The van der Waals surface area contributed by atoms with Gasteiger partial charge in [-0.3, -0.25) is 9.58 Å². The zero-order chi connectivity index (χ0) is 20.2. The van der Waals surface area contributed by atoms with Crippen LogP contribution in [0.1, 0.15) is 27.7 Å². The van der Waals surface area contributed by atoms with Crippen molar-refractivity contribution in [1.82, 2.24) is 19.7 Å². The smallest absolute Gasteiger partial charge is 0.137 e. The largest absolute Gasteiger partial charge is 0.494 e. The molecule has 1 aliphatic heterocycles. The lowest BCUT2D eigenvalue weighted by Gasteiger charge is -2.45. The van der Waals surface area contributed by atoms with Crippen molar-refractivity contribution in [3.8, 4) is 5.75 Å². The molecule has 28 heavy (non-hydrogen) atoms. The van der Waals surface area contributed by atoms with E-state index in [0.717, 1.165) is 31.9 Å². The first-order chi connectivity index (χ1) is 13.3. The van der Waals surface area contributed by atoms with Gasteiger partial charge >= 0.3 is 0 Å². The highest BCUT2D eigenvalue weighted by Gasteiger charge is 2.42. The van der Waals surface area contributed by atoms with Gasteiger partial charge in [-0.2, -0.15) is 5.10 Å². The summed E-state index contributed by atoms with van der Waals surface area (Å²) in [5.74, 6) is 0.910. The maximum atomic E-state index is 11.5. The molecule has 3 rings (SSSR count). The zero-order valence-electron chi connectivity index (χ0n) is 17.5. The van der Waals surface area contributed by atoms with Gasteiger partial charge in [0.2, 0.25) is 0 Å². The van der Waals surface area contributed by atoms with Crippen LogP contribution >= 0.6 is 0 Å². The van der Waals surface area contributed by atoms with Crippen molar-refractivity contribution in [2.45, 2.75) is 39.8 Å². The standard InChI is InChI=1S/C21H33N5O2/c1-5-28-19-8-6-18(7-9-19)25-12-10-24(11-13-25)14-21(27,20(2,3)4)15-26-17-22-16-23-26/h6-9,16-17,27H,5,10-15H2,1-4H3. The van der Waals surface area contributed by atoms with Crippen LogP contribution < -0.4 is 9.64 Å². The van der Waals surface area contributed by atoms with Crippen LogP contribution in [-0.2, 0) is 6.54 Å². The highest BCUT2D eigenvalue weighted by atomic mass is 16.5. The molecule has 154 valence electrons. The number of aliphatic hydroxyl groups is 1. The second kappa shape index (κ2) is 8.49. The van der Waals surface area contributed by atoms with E-state index in [9.17, 15) is 5.11 Å². The Hall–Kier alpha value is -2.12. The molecule has 2 aromatic rings. The molecule has 0 spiro atoms. The van der Waals surface area contributed by atoms with Crippen LogP contribution in [0.3, 0.4) is 0 Å². The van der Waals surface area contributed by atoms with E-state index in [1.54, 1.807) is 11.0 Å². The number of hydrogen-bond donors (Lipinski definition) is 1. The molecule has 1 saturated heterocycles. The van der Waals surface area contributed by atoms with Crippen LogP contribution in [0.5, 0.6) is 5.75 Å². The molecule has 2 heterocycles. The summed E-state index contributed by atoms with van der Waals surface area (Å²) >= 11 is 0. The van der Waals surface area contributed by atoms with Crippen LogP contribution in [-0.4, -0.2) is 69.7 Å². The van der Waals surface area contributed by atoms with Gasteiger partial charge in [0.15, 0.2) is 0 Å². The summed E-state index contributed by atoms with van der Waals surface area (Å²) in [6, 6.07) is 8.30. The van der Waals surface area contributed by atoms with Crippen molar-refractivity contribution in [2.24, 2.45) is 5.41 Å². The van der Waals surface area contributed by atoms with E-state index in [-0.39, 0.29) is 5.41 Å². The van der Waals surface area contributed by atoms with Gasteiger partial charge in [0.25, 0.3) is 0 Å². The van der Waals surface area contributed by atoms with E-state index in [4.69, 9.17) is 4.74 Å². The Morgan fingerprint density at radius 1 is 1.04 bits per heavy atom. The minimum Gasteiger partial charge on any atom is -0.494 e. The van der Waals surface area contributed by atoms with Gasteiger partial charge in [0, 0.05) is 38.4 Å². The van der Waals surface area contributed by atoms with Crippen molar-refractivity contribution in [1.29, 1.82) is 0 Å². The molecule has 1 aliphatic rings. The highest BCUT2D eigenvalue weighted by Crippen LogP contribution is 2.33. The molecular formula is C21H33N5O2. The minimum atomic E-state index is -0.887. The molecule has 1 fully saturated rings. The van der Waals surface area contributed by atoms with E-state index in [1.807, 2.05) is 19.1 Å². The summed E-state index contributed by atoms with van der Waals surface area (Å²) in [6.07, 6.45) is 3.18. The van der Waals surface area contributed by atoms with E-state index >= 15 is 0 Å². The van der Waals surface area contributed by atoms with Crippen LogP contribution in [0.2, 0.25) is 0 Å². The summed E-state index contributed by atoms with van der Waals surface area (Å²) in [7, 11) is 0. The SMILES string of the molecule is CCOc1ccc(N2CCN(CC(O)(Cn3cncn3)C(C)(C)C)CC2)cc1. The average molecular weight is 388 g/mol. The van der Waals surface area contributed by atoms with E-state index < -0.39 is 5.60 Å². The predicted octanol–water partition coefficient (Wildman–Crippen LogP) is 2.28. The molecular weight excluding hydrogens is 354 g/mol. The monoisotopic (exact) mass is 387 g/mol. The lowest BCUT2D eigenvalue weighted by molar-refractivity contribution is -0.0946. The van der Waals surface area contributed by atoms with E-state index in [1.165, 1.54) is 12.0 Å². The van der Waals surface area contributed by atoms with Crippen LogP contribution in [0, 0.1) is 5.41 Å². The van der Waals surface area contributed by atoms with Crippen molar-refractivity contribution >= 4 is 5.69 Å². The summed E-state index contributed by atoms with van der Waals surface area (Å²) in [5.41, 5.74) is 0.0597. The van der Waals surface area contributed by atoms with Gasteiger partial charge in [-0.15, -0.1) is 0 Å². The van der Waals surface area contributed by atoms with Crippen LogP contribution in [0.4, 0.5) is 5.69 Å². The van der Waals surface area contributed by atoms with Crippen molar-refractivity contribution in [2.75, 3.05) is 44.2 Å². The number of hydrogen-bond acceptors (Lipinski definition) is 6. The lowest BCUT2D eigenvalue weighted by atomic mass is 9.76. The second-order valence-corrected chi connectivity index (χ2v) is 8.56. The van der Waals surface area contributed by atoms with Gasteiger partial charge in [0.1, 0.15) is 24.0 Å². The van der Waals surface area contributed by atoms with Crippen molar-refractivity contribution in [3.63, 3.8) is 0 Å². The highest BCUT2D eigenvalue weighted by molar-refractivity contribution is 5.49. The molecule has 0 bridgehead atoms. The molecule has 7 nitrogen and oxygen atoms in total. The molecule has 1 aromatic carbocycles. The number of β-amino-alcohol motifs (C(OH)–C–C–N with tert-alkyl or cyclic N) is 1. The molecule has 0 saturated carbocycles. The molecule has 7 heteroatoms. The molecule has 1 unspecified atom stereocenters. The maximum Gasteiger partial charge on any atom is 0.137 e. The molecule has 1 aromatic heterocycles. The molecule has 0 aliphatic carbocycles. The molecule has 0 amide bonds. The summed E-state index contributed by atoms with van der Waals surface area (Å²) in [5, 5.41) is 15.7. The maximum absolute atomic E-state index is 11.5. The lowest BCUT2D eigenvalue weighted by Crippen LogP contribution is -2.58. The molecule has 0 radical (unpaired) electrons. The third-order valence-corrected chi connectivity index (χ3v) is 5.66. The van der Waals surface area contributed by atoms with Crippen molar-refractivity contribution in [3.05, 3.63) is 36.9 Å². The Bertz CT molecular complexity index is 718. The average Bonchev–Trinajstić information content (AvgIpc) is 3.15. The number of anilines is 1. The zero-order valence-corrected chi connectivity index (χ0v) is 17.5. The van der Waals surface area contributed by atoms with Gasteiger partial charge in [0.05, 0.1) is 13.2 Å². The van der Waals surface area contributed by atoms with Gasteiger partial charge in [-0.25, -0.2) is 4.98 Å². The Kier molecular flexibility index (Phi) is 6.25. The topological polar surface area (TPSA) is 66.7 Å². The number of ether oxygens (including phenoxy) is 1. The number of aromatic nitrogens is 3. The normalized spacial score (nSPS) is 18.1. The molecule has 1 N–H and O–H groups in total. The van der Waals surface area contributed by atoms with E-state index in [0.29, 0.717) is 19.7 Å². The fourth-order valence-electron chi connectivity index (χ4n) is 3.56.